The average Bonchev–Trinajstić information content (AvgIpc) is 2.31. The number of hydrogen-bond donors (Lipinski definition) is 1. The Morgan fingerprint density at radius 1 is 1.67 bits per heavy atom. The topological polar surface area (TPSA) is 49.8 Å². The van der Waals surface area contributed by atoms with Crippen LogP contribution in [0.2, 0.25) is 0 Å². The fraction of sp³-hybridized carbons (Fsp3) is 0.769. The number of rotatable bonds is 5. The Labute approximate surface area is 123 Å². The molecule has 0 aromatic rings. The molecule has 104 valence electrons. The van der Waals surface area contributed by atoms with Gasteiger partial charge in [-0.15, -0.1) is 0 Å². The lowest BCUT2D eigenvalue weighted by atomic mass is 9.87. The predicted molar refractivity (Wildman–Crippen MR) is 79.6 cm³/mol. The molecule has 0 saturated carbocycles. The van der Waals surface area contributed by atoms with Crippen LogP contribution in [0.5, 0.6) is 0 Å². The first-order chi connectivity index (χ1) is 8.54. The molecule has 0 amide bonds. The van der Waals surface area contributed by atoms with Crippen LogP contribution in [0.3, 0.4) is 0 Å². The Balaban J connectivity index is 2.56. The number of allylic oxidation sites excluding steroid dienone is 1. The first kappa shape index (κ1) is 15.9. The van der Waals surface area contributed by atoms with E-state index in [4.69, 9.17) is 4.74 Å². The van der Waals surface area contributed by atoms with Gasteiger partial charge in [0.25, 0.3) is 0 Å². The molecule has 1 rings (SSSR count). The minimum atomic E-state index is -0.412. The number of ether oxygens (including phenoxy) is 1. The molecule has 4 nitrogen and oxygen atoms in total. The smallest absolute Gasteiger partial charge is 0.302 e. The van der Waals surface area contributed by atoms with Crippen LogP contribution >= 0.6 is 22.6 Å². The van der Waals surface area contributed by atoms with E-state index in [1.807, 2.05) is 17.2 Å². The molecular formula is C13H22INO3. The molecule has 1 aliphatic heterocycles. The summed E-state index contributed by atoms with van der Waals surface area (Å²) in [6, 6.07) is 0. The van der Waals surface area contributed by atoms with Gasteiger partial charge in [0.2, 0.25) is 0 Å². The number of halogens is 1. The number of aliphatic hydroxyl groups excluding tert-OH is 1. The third-order valence-electron chi connectivity index (χ3n) is 3.33. The average molecular weight is 367 g/mol. The maximum Gasteiger partial charge on any atom is 0.302 e. The van der Waals surface area contributed by atoms with E-state index < -0.39 is 6.10 Å². The summed E-state index contributed by atoms with van der Waals surface area (Å²) in [5.74, 6) is -0.232. The SMILES string of the molecule is CC(=O)OC1CCN(C)CC1C(O)CCC=CI. The van der Waals surface area contributed by atoms with Gasteiger partial charge in [-0.25, -0.2) is 0 Å². The molecule has 5 heteroatoms. The summed E-state index contributed by atoms with van der Waals surface area (Å²) in [5, 5.41) is 10.2. The van der Waals surface area contributed by atoms with E-state index in [1.165, 1.54) is 6.92 Å². The normalized spacial score (nSPS) is 27.3. The lowest BCUT2D eigenvalue weighted by Crippen LogP contribution is -2.48. The van der Waals surface area contributed by atoms with Crippen molar-refractivity contribution >= 4 is 28.6 Å². The fourth-order valence-electron chi connectivity index (χ4n) is 2.40. The third kappa shape index (κ3) is 5.24. The molecule has 0 aliphatic carbocycles. The number of piperidine rings is 1. The van der Waals surface area contributed by atoms with Crippen LogP contribution in [-0.2, 0) is 9.53 Å². The first-order valence-electron chi connectivity index (χ1n) is 6.33. The molecule has 1 aliphatic rings. The van der Waals surface area contributed by atoms with Crippen molar-refractivity contribution in [2.45, 2.75) is 38.4 Å². The zero-order valence-corrected chi connectivity index (χ0v) is 13.2. The summed E-state index contributed by atoms with van der Waals surface area (Å²) < 4.78 is 7.29. The molecule has 0 bridgehead atoms. The maximum atomic E-state index is 11.1. The van der Waals surface area contributed by atoms with Gasteiger partial charge in [0.15, 0.2) is 0 Å². The van der Waals surface area contributed by atoms with Gasteiger partial charge in [0, 0.05) is 25.9 Å². The van der Waals surface area contributed by atoms with Gasteiger partial charge in [0.1, 0.15) is 6.10 Å². The third-order valence-corrected chi connectivity index (χ3v) is 3.83. The van der Waals surface area contributed by atoms with Gasteiger partial charge < -0.3 is 14.7 Å². The van der Waals surface area contributed by atoms with Crippen LogP contribution in [0.1, 0.15) is 26.2 Å². The van der Waals surface area contributed by atoms with E-state index in [0.29, 0.717) is 0 Å². The van der Waals surface area contributed by atoms with E-state index in [-0.39, 0.29) is 18.0 Å². The molecule has 1 heterocycles. The number of aliphatic hydroxyl groups is 1. The highest BCUT2D eigenvalue weighted by Gasteiger charge is 2.34. The number of nitrogens with zero attached hydrogens (tertiary/aromatic N) is 1. The summed E-state index contributed by atoms with van der Waals surface area (Å²) >= 11 is 2.17. The molecule has 1 fully saturated rings. The Morgan fingerprint density at radius 2 is 2.39 bits per heavy atom. The lowest BCUT2D eigenvalue weighted by Gasteiger charge is -2.38. The molecule has 1 saturated heterocycles. The van der Waals surface area contributed by atoms with Crippen molar-refractivity contribution in [3.8, 4) is 0 Å². The summed E-state index contributed by atoms with van der Waals surface area (Å²) in [6.07, 6.45) is 3.87. The van der Waals surface area contributed by atoms with Crippen molar-refractivity contribution in [3.63, 3.8) is 0 Å². The molecule has 1 N–H and O–H groups in total. The van der Waals surface area contributed by atoms with Crippen molar-refractivity contribution in [2.75, 3.05) is 20.1 Å². The van der Waals surface area contributed by atoms with Crippen LogP contribution < -0.4 is 0 Å². The summed E-state index contributed by atoms with van der Waals surface area (Å²) in [6.45, 7) is 3.13. The number of likely N-dealkylation sites (tertiary alicyclic amines) is 1. The number of carbonyl (C=O) groups is 1. The number of hydrogen-bond acceptors (Lipinski definition) is 4. The Bertz CT molecular complexity index is 296. The fourth-order valence-corrected chi connectivity index (χ4v) is 2.76. The minimum Gasteiger partial charge on any atom is -0.462 e. The van der Waals surface area contributed by atoms with E-state index >= 15 is 0 Å². The van der Waals surface area contributed by atoms with Crippen LogP contribution in [0, 0.1) is 5.92 Å². The molecule has 0 aromatic carbocycles. The zero-order chi connectivity index (χ0) is 13.5. The Kier molecular flexibility index (Phi) is 7.18. The largest absolute Gasteiger partial charge is 0.462 e. The molecular weight excluding hydrogens is 345 g/mol. The Morgan fingerprint density at radius 3 is 3.00 bits per heavy atom. The highest BCUT2D eigenvalue weighted by molar-refractivity contribution is 14.1. The number of esters is 1. The Hall–Kier alpha value is -0.140. The highest BCUT2D eigenvalue weighted by Crippen LogP contribution is 2.25. The molecule has 18 heavy (non-hydrogen) atoms. The molecule has 0 aromatic heterocycles. The van der Waals surface area contributed by atoms with Gasteiger partial charge in [0.05, 0.1) is 6.10 Å². The molecule has 3 atom stereocenters. The van der Waals surface area contributed by atoms with Crippen molar-refractivity contribution in [2.24, 2.45) is 5.92 Å². The van der Waals surface area contributed by atoms with Gasteiger partial charge in [-0.05, 0) is 30.4 Å². The second-order valence-electron chi connectivity index (χ2n) is 4.87. The van der Waals surface area contributed by atoms with E-state index in [1.54, 1.807) is 0 Å². The van der Waals surface area contributed by atoms with Crippen molar-refractivity contribution in [1.29, 1.82) is 0 Å². The van der Waals surface area contributed by atoms with Gasteiger partial charge in [-0.2, -0.15) is 0 Å². The highest BCUT2D eigenvalue weighted by atomic mass is 127. The number of carbonyl (C=O) groups excluding carboxylic acids is 1. The van der Waals surface area contributed by atoms with Crippen molar-refractivity contribution in [1.82, 2.24) is 4.90 Å². The van der Waals surface area contributed by atoms with E-state index in [2.05, 4.69) is 27.5 Å². The van der Waals surface area contributed by atoms with Crippen LogP contribution in [0.25, 0.3) is 0 Å². The summed E-state index contributed by atoms with van der Waals surface area (Å²) in [5.41, 5.74) is 0. The van der Waals surface area contributed by atoms with Crippen molar-refractivity contribution in [3.05, 3.63) is 10.2 Å². The molecule has 3 unspecified atom stereocenters. The lowest BCUT2D eigenvalue weighted by molar-refractivity contribution is -0.155. The van der Waals surface area contributed by atoms with Crippen molar-refractivity contribution < 1.29 is 14.6 Å². The van der Waals surface area contributed by atoms with Gasteiger partial charge in [-0.1, -0.05) is 28.7 Å². The first-order valence-corrected chi connectivity index (χ1v) is 7.58. The molecule has 0 spiro atoms. The zero-order valence-electron chi connectivity index (χ0n) is 11.0. The monoisotopic (exact) mass is 367 g/mol. The summed E-state index contributed by atoms with van der Waals surface area (Å²) in [4.78, 5) is 13.3. The van der Waals surface area contributed by atoms with Crippen LogP contribution in [0.4, 0.5) is 0 Å². The second-order valence-corrected chi connectivity index (χ2v) is 5.59. The second kappa shape index (κ2) is 8.12. The van der Waals surface area contributed by atoms with Crippen LogP contribution in [-0.4, -0.2) is 48.3 Å². The van der Waals surface area contributed by atoms with E-state index in [9.17, 15) is 9.90 Å². The van der Waals surface area contributed by atoms with Crippen LogP contribution in [0.15, 0.2) is 10.2 Å². The van der Waals surface area contributed by atoms with E-state index in [0.717, 1.165) is 32.4 Å². The molecule has 0 radical (unpaired) electrons. The van der Waals surface area contributed by atoms with Gasteiger partial charge >= 0.3 is 5.97 Å². The standard InChI is InChI=1S/C13H22INO3/c1-10(16)18-13-6-8-15(2)9-11(13)12(17)5-3-4-7-14/h4,7,11-13,17H,3,5-6,8-9H2,1-2H3. The predicted octanol–water partition coefficient (Wildman–Crippen LogP) is 1.96. The quantitative estimate of drug-likeness (QED) is 0.596. The summed E-state index contributed by atoms with van der Waals surface area (Å²) in [7, 11) is 2.04. The van der Waals surface area contributed by atoms with Gasteiger partial charge in [-0.3, -0.25) is 4.79 Å². The minimum absolute atomic E-state index is 0.0234. The maximum absolute atomic E-state index is 11.1.